The van der Waals surface area contributed by atoms with Gasteiger partial charge in [0.15, 0.2) is 11.6 Å². The van der Waals surface area contributed by atoms with Crippen molar-refractivity contribution >= 4 is 11.6 Å². The summed E-state index contributed by atoms with van der Waals surface area (Å²) in [4.78, 5) is 25.1. The predicted molar refractivity (Wildman–Crippen MR) is 146 cm³/mol. The highest BCUT2D eigenvalue weighted by Gasteiger charge is 2.53. The van der Waals surface area contributed by atoms with Crippen LogP contribution in [-0.4, -0.2) is 39.2 Å². The van der Waals surface area contributed by atoms with Crippen LogP contribution in [0.1, 0.15) is 101 Å². The molecule has 10 heteroatoms. The Hall–Kier alpha value is -3.17. The Morgan fingerprint density at radius 3 is 2.46 bits per heavy atom. The number of hydrogen-bond acceptors (Lipinski definition) is 7. The fraction of sp³-hybridized carbons (Fsp3) is 0.645. The van der Waals surface area contributed by atoms with Gasteiger partial charge in [-0.05, 0) is 93.7 Å². The zero-order valence-corrected chi connectivity index (χ0v) is 23.5. The molecule has 8 nitrogen and oxygen atoms in total. The van der Waals surface area contributed by atoms with Crippen LogP contribution >= 0.6 is 0 Å². The van der Waals surface area contributed by atoms with Crippen molar-refractivity contribution in [2.75, 3.05) is 11.4 Å². The van der Waals surface area contributed by atoms with E-state index in [-0.39, 0.29) is 22.7 Å². The monoisotopic (exact) mass is 565 g/mol. The van der Waals surface area contributed by atoms with Gasteiger partial charge in [0.2, 0.25) is 18.2 Å². The van der Waals surface area contributed by atoms with Gasteiger partial charge >= 0.3 is 0 Å². The normalized spacial score (nSPS) is 29.1. The van der Waals surface area contributed by atoms with Crippen molar-refractivity contribution in [2.45, 2.75) is 102 Å². The number of benzene rings is 1. The van der Waals surface area contributed by atoms with E-state index in [1.807, 2.05) is 36.1 Å². The van der Waals surface area contributed by atoms with E-state index in [1.54, 1.807) is 0 Å². The highest BCUT2D eigenvalue weighted by molar-refractivity contribution is 5.94. The first kappa shape index (κ1) is 26.7. The van der Waals surface area contributed by atoms with Crippen LogP contribution in [0.3, 0.4) is 0 Å². The highest BCUT2D eigenvalue weighted by Crippen LogP contribution is 2.58. The number of carbonyl (C=O) groups excluding carboxylic acids is 1. The quantitative estimate of drug-likeness (QED) is 0.265. The van der Waals surface area contributed by atoms with Crippen LogP contribution in [0, 0.1) is 17.3 Å². The standard InChI is InChI=1S/C31H37F2N5O3/c1-2-24-34-28(40-36-24)21-4-3-5-23(17-21)38(25(39)16-19-14-22(15-19)26(32)33)18-30-8-11-31(12-9-30,13-10-30)29-35-27(37-41-29)20-6-7-20/h3-5,17,19-20,22,26H,2,6-16,18H2,1H3. The van der Waals surface area contributed by atoms with Gasteiger partial charge in [0.25, 0.3) is 5.89 Å². The molecule has 0 unspecified atom stereocenters. The Balaban J connectivity index is 1.11. The number of carbonyl (C=O) groups is 1. The molecule has 1 aromatic carbocycles. The molecule has 0 N–H and O–H groups in total. The van der Waals surface area contributed by atoms with Gasteiger partial charge in [0.05, 0.1) is 0 Å². The number of anilines is 1. The van der Waals surface area contributed by atoms with E-state index < -0.39 is 12.3 Å². The summed E-state index contributed by atoms with van der Waals surface area (Å²) in [6, 6.07) is 7.71. The van der Waals surface area contributed by atoms with Gasteiger partial charge in [0.1, 0.15) is 0 Å². The topological polar surface area (TPSA) is 98.1 Å². The van der Waals surface area contributed by atoms with Crippen LogP contribution in [0.2, 0.25) is 0 Å². The maximum Gasteiger partial charge on any atom is 0.257 e. The fourth-order valence-electron chi connectivity index (χ4n) is 7.28. The fourth-order valence-corrected chi connectivity index (χ4v) is 7.28. The summed E-state index contributed by atoms with van der Waals surface area (Å²) < 4.78 is 37.5. The molecule has 0 saturated heterocycles. The van der Waals surface area contributed by atoms with Crippen LogP contribution < -0.4 is 4.90 Å². The van der Waals surface area contributed by atoms with E-state index in [2.05, 4.69) is 15.3 Å². The van der Waals surface area contributed by atoms with Crippen molar-refractivity contribution in [3.05, 3.63) is 41.8 Å². The van der Waals surface area contributed by atoms with Crippen molar-refractivity contribution in [1.82, 2.24) is 20.3 Å². The average molecular weight is 566 g/mol. The third kappa shape index (κ3) is 5.07. The van der Waals surface area contributed by atoms with E-state index in [4.69, 9.17) is 14.0 Å². The number of alkyl halides is 2. The van der Waals surface area contributed by atoms with Gasteiger partial charge in [-0.2, -0.15) is 9.97 Å². The summed E-state index contributed by atoms with van der Waals surface area (Å²) in [5, 5.41) is 8.31. The number of aryl methyl sites for hydroxylation is 1. The van der Waals surface area contributed by atoms with E-state index >= 15 is 0 Å². The lowest BCUT2D eigenvalue weighted by Gasteiger charge is -2.53. The molecule has 218 valence electrons. The molecule has 0 aliphatic heterocycles. The summed E-state index contributed by atoms with van der Waals surface area (Å²) >= 11 is 0. The van der Waals surface area contributed by atoms with Gasteiger partial charge < -0.3 is 13.9 Å². The predicted octanol–water partition coefficient (Wildman–Crippen LogP) is 6.87. The van der Waals surface area contributed by atoms with Crippen LogP contribution in [-0.2, 0) is 16.6 Å². The summed E-state index contributed by atoms with van der Waals surface area (Å²) in [7, 11) is 0. The lowest BCUT2D eigenvalue weighted by Crippen LogP contribution is -2.51. The van der Waals surface area contributed by atoms with E-state index in [9.17, 15) is 13.6 Å². The van der Waals surface area contributed by atoms with E-state index in [0.29, 0.717) is 49.9 Å². The van der Waals surface area contributed by atoms with Gasteiger partial charge in [-0.3, -0.25) is 4.79 Å². The molecule has 2 heterocycles. The number of nitrogens with zero attached hydrogens (tertiary/aromatic N) is 5. The summed E-state index contributed by atoms with van der Waals surface area (Å²) in [6.45, 7) is 2.58. The molecule has 41 heavy (non-hydrogen) atoms. The molecular formula is C31H37F2N5O3. The molecular weight excluding hydrogens is 528 g/mol. The third-order valence-corrected chi connectivity index (χ3v) is 10.3. The number of fused-ring (bicyclic) bond motifs is 3. The molecule has 0 spiro atoms. The number of rotatable bonds is 10. The Morgan fingerprint density at radius 2 is 1.80 bits per heavy atom. The Labute approximate surface area is 238 Å². The minimum atomic E-state index is -2.31. The number of hydrogen-bond donors (Lipinski definition) is 0. The summed E-state index contributed by atoms with van der Waals surface area (Å²) in [6.07, 6.45) is 7.66. The number of halogens is 2. The van der Waals surface area contributed by atoms with Crippen LogP contribution in [0.15, 0.2) is 33.3 Å². The maximum absolute atomic E-state index is 13.9. The van der Waals surface area contributed by atoms with Crippen molar-refractivity contribution in [3.8, 4) is 11.5 Å². The largest absolute Gasteiger partial charge is 0.339 e. The Morgan fingerprint density at radius 1 is 1.05 bits per heavy atom. The summed E-state index contributed by atoms with van der Waals surface area (Å²) in [5.74, 6) is 2.64. The first-order valence-electron chi connectivity index (χ1n) is 15.2. The summed E-state index contributed by atoms with van der Waals surface area (Å²) in [5.41, 5.74) is 1.50. The second-order valence-corrected chi connectivity index (χ2v) is 13.0. The van der Waals surface area contributed by atoms with Gasteiger partial charge in [-0.15, -0.1) is 0 Å². The molecule has 5 saturated carbocycles. The Kier molecular flexibility index (Phi) is 6.70. The second-order valence-electron chi connectivity index (χ2n) is 13.0. The van der Waals surface area contributed by atoms with Crippen molar-refractivity contribution in [3.63, 3.8) is 0 Å². The van der Waals surface area contributed by atoms with E-state index in [0.717, 1.165) is 74.3 Å². The molecule has 2 aromatic heterocycles. The first-order valence-corrected chi connectivity index (χ1v) is 15.2. The van der Waals surface area contributed by atoms with Gasteiger partial charge in [-0.25, -0.2) is 8.78 Å². The molecule has 3 aromatic rings. The molecule has 0 radical (unpaired) electrons. The van der Waals surface area contributed by atoms with Crippen molar-refractivity contribution < 1.29 is 22.6 Å². The highest BCUT2D eigenvalue weighted by atomic mass is 19.3. The van der Waals surface area contributed by atoms with E-state index in [1.165, 1.54) is 0 Å². The zero-order valence-electron chi connectivity index (χ0n) is 23.5. The molecule has 2 bridgehead atoms. The molecule has 1 amide bonds. The van der Waals surface area contributed by atoms with Gasteiger partial charge in [-0.1, -0.05) is 23.3 Å². The lowest BCUT2D eigenvalue weighted by molar-refractivity contribution is -0.122. The first-order chi connectivity index (χ1) is 19.9. The average Bonchev–Trinajstić information content (AvgIpc) is 3.49. The van der Waals surface area contributed by atoms with Gasteiger partial charge in [0, 0.05) is 47.9 Å². The van der Waals surface area contributed by atoms with Crippen LogP contribution in [0.4, 0.5) is 14.5 Å². The smallest absolute Gasteiger partial charge is 0.257 e. The third-order valence-electron chi connectivity index (χ3n) is 10.3. The van der Waals surface area contributed by atoms with Crippen molar-refractivity contribution in [1.29, 1.82) is 0 Å². The molecule has 5 aliphatic rings. The number of aromatic nitrogens is 4. The Bertz CT molecular complexity index is 1390. The molecule has 5 aliphatic carbocycles. The molecule has 8 rings (SSSR count). The SMILES string of the molecule is CCc1noc(-c2cccc(N(CC34CCC(c5nc(C6CC6)no5)(CC3)CC4)C(=O)CC3CC(C(F)F)C3)c2)n1. The number of amides is 1. The minimum Gasteiger partial charge on any atom is -0.339 e. The van der Waals surface area contributed by atoms with Crippen LogP contribution in [0.25, 0.3) is 11.5 Å². The van der Waals surface area contributed by atoms with Crippen molar-refractivity contribution in [2.24, 2.45) is 17.3 Å². The van der Waals surface area contributed by atoms with Crippen LogP contribution in [0.5, 0.6) is 0 Å². The minimum absolute atomic E-state index is 0.00223. The maximum atomic E-state index is 13.9. The molecule has 5 fully saturated rings. The lowest BCUT2D eigenvalue weighted by atomic mass is 9.53. The second kappa shape index (κ2) is 10.3. The zero-order chi connectivity index (χ0) is 28.2. The molecule has 0 atom stereocenters.